The van der Waals surface area contributed by atoms with Gasteiger partial charge in [-0.3, -0.25) is 0 Å². The van der Waals surface area contributed by atoms with Gasteiger partial charge in [0.15, 0.2) is 0 Å². The van der Waals surface area contributed by atoms with Crippen LogP contribution in [0.15, 0.2) is 18.2 Å². The van der Waals surface area contributed by atoms with Gasteiger partial charge < -0.3 is 10.2 Å². The van der Waals surface area contributed by atoms with Crippen LogP contribution >= 0.6 is 11.8 Å². The number of aromatic hydroxyl groups is 1. The van der Waals surface area contributed by atoms with Gasteiger partial charge in [-0.25, -0.2) is 4.39 Å². The van der Waals surface area contributed by atoms with E-state index in [1.165, 1.54) is 22.9 Å². The molecule has 1 aromatic carbocycles. The van der Waals surface area contributed by atoms with Crippen LogP contribution in [-0.2, 0) is 6.42 Å². The van der Waals surface area contributed by atoms with Crippen molar-refractivity contribution in [3.63, 3.8) is 0 Å². The number of hydrogen-bond acceptors (Lipinski definition) is 3. The fraction of sp³-hybridized carbons (Fsp3) is 0.812. The molecule has 0 bridgehead atoms. The molecule has 0 saturated heterocycles. The van der Waals surface area contributed by atoms with Gasteiger partial charge in [0.25, 0.3) is 0 Å². The van der Waals surface area contributed by atoms with Crippen LogP contribution in [-0.4, -0.2) is 46.1 Å². The summed E-state index contributed by atoms with van der Waals surface area (Å²) >= 11 is 1.45. The lowest BCUT2D eigenvalue weighted by atomic mass is 9.52. The van der Waals surface area contributed by atoms with Crippen molar-refractivity contribution >= 4 is 11.8 Å². The number of benzene rings is 1. The molecule has 1 aromatic rings. The molecule has 3 aliphatic rings. The van der Waals surface area contributed by atoms with E-state index in [1.54, 1.807) is 6.07 Å². The molecule has 2 fully saturated rings. The molecule has 0 aliphatic heterocycles. The van der Waals surface area contributed by atoms with Gasteiger partial charge in [-0.05, 0) is 109 Å². The highest BCUT2D eigenvalue weighted by molar-refractivity contribution is 7.99. The number of phenolic OH excluding ortho intramolecular Hbond substituents is 1. The molecule has 3 aliphatic carbocycles. The minimum absolute atomic E-state index is 0.137. The minimum Gasteiger partial charge on any atom is -0.508 e. The van der Waals surface area contributed by atoms with E-state index in [1.807, 2.05) is 6.07 Å². The molecule has 0 unspecified atom stereocenters. The Morgan fingerprint density at radius 3 is 2.32 bits per heavy atom. The molecule has 2 nitrogen and oxygen atoms in total. The van der Waals surface area contributed by atoms with Crippen LogP contribution in [0.2, 0.25) is 0 Å². The summed E-state index contributed by atoms with van der Waals surface area (Å²) in [5, 5.41) is 20.9. The summed E-state index contributed by atoms with van der Waals surface area (Å²) < 4.78 is 77.2. The van der Waals surface area contributed by atoms with Gasteiger partial charge in [0.2, 0.25) is 0 Å². The van der Waals surface area contributed by atoms with E-state index in [2.05, 4.69) is 13.0 Å². The molecule has 0 amide bonds. The molecular weight excluding hydrogens is 562 g/mol. The molecule has 234 valence electrons. The summed E-state index contributed by atoms with van der Waals surface area (Å²) in [6.45, 7) is 2.09. The number of thioether (sulfide) groups is 1. The molecule has 41 heavy (non-hydrogen) atoms. The van der Waals surface area contributed by atoms with E-state index >= 15 is 0 Å². The molecule has 4 rings (SSSR count). The van der Waals surface area contributed by atoms with Crippen LogP contribution in [0.4, 0.5) is 26.3 Å². The summed E-state index contributed by atoms with van der Waals surface area (Å²) in [6.07, 6.45) is 2.97. The largest absolute Gasteiger partial charge is 0.508 e. The normalized spacial score (nSPS) is 31.5. The van der Waals surface area contributed by atoms with Gasteiger partial charge in [-0.15, -0.1) is 0 Å². The predicted molar refractivity (Wildman–Crippen MR) is 152 cm³/mol. The van der Waals surface area contributed by atoms with Gasteiger partial charge in [0, 0.05) is 6.42 Å². The first-order chi connectivity index (χ1) is 19.3. The number of aliphatic hydroxyl groups is 1. The Bertz CT molecular complexity index is 987. The lowest BCUT2D eigenvalue weighted by Crippen LogP contribution is -2.47. The Kier molecular flexibility index (Phi) is 11.0. The third kappa shape index (κ3) is 7.53. The second kappa shape index (κ2) is 13.7. The highest BCUT2D eigenvalue weighted by Gasteiger charge is 2.60. The molecule has 7 atom stereocenters. The highest BCUT2D eigenvalue weighted by atomic mass is 32.2. The average molecular weight is 609 g/mol. The number of hydrogen-bond donors (Lipinski definition) is 2. The first-order valence-electron chi connectivity index (χ1n) is 15.5. The Morgan fingerprint density at radius 2 is 1.61 bits per heavy atom. The van der Waals surface area contributed by atoms with E-state index < -0.39 is 30.8 Å². The lowest BCUT2D eigenvalue weighted by molar-refractivity contribution is -0.284. The number of rotatable bonds is 14. The summed E-state index contributed by atoms with van der Waals surface area (Å²) in [4.78, 5) is 0. The summed E-state index contributed by atoms with van der Waals surface area (Å²) in [6, 6.07) is 5.73. The first kappa shape index (κ1) is 32.8. The zero-order chi connectivity index (χ0) is 29.8. The topological polar surface area (TPSA) is 40.5 Å². The fourth-order valence-corrected chi connectivity index (χ4v) is 9.10. The SMILES string of the molecule is C[C@]12CC[C@@H]3c4ccc(O)cc4C[C@@H](CCCCCCCCCSCCCC(F)(F)C(F)(F)F)[C@H]3[C@@H]1C[C@@H](F)[C@@H]2O. The van der Waals surface area contributed by atoms with Crippen molar-refractivity contribution in [2.75, 3.05) is 11.5 Å². The van der Waals surface area contributed by atoms with E-state index in [4.69, 9.17) is 0 Å². The van der Waals surface area contributed by atoms with E-state index in [0.29, 0.717) is 35.7 Å². The smallest absolute Gasteiger partial charge is 0.453 e. The number of halogens is 6. The highest BCUT2D eigenvalue weighted by Crippen LogP contribution is 2.63. The lowest BCUT2D eigenvalue weighted by Gasteiger charge is -2.53. The van der Waals surface area contributed by atoms with E-state index in [9.17, 15) is 36.6 Å². The predicted octanol–water partition coefficient (Wildman–Crippen LogP) is 9.62. The van der Waals surface area contributed by atoms with Gasteiger partial charge in [0.1, 0.15) is 11.9 Å². The molecule has 2 saturated carbocycles. The Labute approximate surface area is 245 Å². The van der Waals surface area contributed by atoms with Gasteiger partial charge in [-0.2, -0.15) is 33.7 Å². The first-order valence-corrected chi connectivity index (χ1v) is 16.7. The third-order valence-electron chi connectivity index (χ3n) is 10.4. The van der Waals surface area contributed by atoms with Gasteiger partial charge >= 0.3 is 12.1 Å². The zero-order valence-electron chi connectivity index (χ0n) is 24.1. The van der Waals surface area contributed by atoms with Crippen molar-refractivity contribution < 1.29 is 36.6 Å². The van der Waals surface area contributed by atoms with Crippen LogP contribution < -0.4 is 0 Å². The molecule has 0 radical (unpaired) electrons. The van der Waals surface area contributed by atoms with Crippen molar-refractivity contribution in [2.45, 2.75) is 127 Å². The number of phenols is 1. The van der Waals surface area contributed by atoms with E-state index in [0.717, 1.165) is 76.4 Å². The second-order valence-electron chi connectivity index (χ2n) is 13.1. The summed E-state index contributed by atoms with van der Waals surface area (Å²) in [5.74, 6) is -1.87. The van der Waals surface area contributed by atoms with Crippen molar-refractivity contribution in [3.8, 4) is 5.75 Å². The van der Waals surface area contributed by atoms with Crippen LogP contribution in [0.25, 0.3) is 0 Å². The maximum Gasteiger partial charge on any atom is 0.453 e. The minimum atomic E-state index is -5.46. The average Bonchev–Trinajstić information content (AvgIpc) is 3.14. The molecule has 2 N–H and O–H groups in total. The summed E-state index contributed by atoms with van der Waals surface area (Å²) in [7, 11) is 0. The Balaban J connectivity index is 1.16. The van der Waals surface area contributed by atoms with Crippen molar-refractivity contribution in [1.82, 2.24) is 0 Å². The zero-order valence-corrected chi connectivity index (χ0v) is 24.9. The van der Waals surface area contributed by atoms with Crippen LogP contribution in [0.1, 0.15) is 107 Å². The Hall–Kier alpha value is -1.09. The number of aliphatic hydroxyl groups excluding tert-OH is 1. The molecular formula is C32H46F6O2S. The maximum atomic E-state index is 14.8. The quantitative estimate of drug-likeness (QED) is 0.163. The standard InChI is InChI=1S/C32H46F6O2S/c1-30-15-13-25-24-12-11-23(39)19-22(24)18-21(28(25)26(30)20-27(33)29(30)40)10-7-5-3-2-4-6-8-16-41-17-9-14-31(34,35)32(36,37)38/h11-12,19,21,25-29,39-40H,2-10,13-18,20H2,1H3/t21-,25-,26+,27-,28-,29+,30+/m1/s1. The van der Waals surface area contributed by atoms with Crippen molar-refractivity contribution in [2.24, 2.45) is 23.2 Å². The second-order valence-corrected chi connectivity index (χ2v) is 14.3. The van der Waals surface area contributed by atoms with Crippen LogP contribution in [0.3, 0.4) is 0 Å². The number of alkyl halides is 6. The Morgan fingerprint density at radius 1 is 0.951 bits per heavy atom. The third-order valence-corrected chi connectivity index (χ3v) is 11.5. The molecule has 9 heteroatoms. The molecule has 0 spiro atoms. The fourth-order valence-electron chi connectivity index (χ4n) is 8.14. The maximum absolute atomic E-state index is 14.8. The molecule has 0 aromatic heterocycles. The van der Waals surface area contributed by atoms with Gasteiger partial charge in [-0.1, -0.05) is 51.5 Å². The number of unbranched alkanes of at least 4 members (excludes halogenated alkanes) is 6. The molecule has 0 heterocycles. The van der Waals surface area contributed by atoms with Crippen molar-refractivity contribution in [1.29, 1.82) is 0 Å². The van der Waals surface area contributed by atoms with E-state index in [-0.39, 0.29) is 17.8 Å². The number of fused-ring (bicyclic) bond motifs is 5. The van der Waals surface area contributed by atoms with Crippen LogP contribution in [0, 0.1) is 23.2 Å². The van der Waals surface area contributed by atoms with Crippen molar-refractivity contribution in [3.05, 3.63) is 29.3 Å². The van der Waals surface area contributed by atoms with Crippen LogP contribution in [0.5, 0.6) is 5.75 Å². The van der Waals surface area contributed by atoms with Gasteiger partial charge in [0.05, 0.1) is 6.10 Å². The monoisotopic (exact) mass is 608 g/mol. The summed E-state index contributed by atoms with van der Waals surface area (Å²) in [5.41, 5.74) is 2.17.